The molecule has 2 aromatic carbocycles. The molecule has 5 bridgehead atoms. The van der Waals surface area contributed by atoms with Crippen LogP contribution in [0.4, 0.5) is 5.69 Å². The first-order valence-electron chi connectivity index (χ1n) is 19.4. The van der Waals surface area contributed by atoms with E-state index in [1.165, 1.54) is 59.4 Å². The average molecular weight is 809 g/mol. The molecule has 1 saturated heterocycles. The van der Waals surface area contributed by atoms with Crippen LogP contribution in [-0.2, 0) is 23.8 Å². The van der Waals surface area contributed by atoms with Gasteiger partial charge in [0.15, 0.2) is 5.75 Å². The van der Waals surface area contributed by atoms with Gasteiger partial charge in [-0.25, -0.2) is 0 Å². The minimum absolute atomic E-state index is 0.0544. The van der Waals surface area contributed by atoms with Crippen molar-refractivity contribution in [3.8, 4) is 23.0 Å². The fraction of sp³-hybridized carbons (Fsp3) is 0.524. The summed E-state index contributed by atoms with van der Waals surface area (Å²) < 4.78 is 23.6. The molecule has 7 N–H and O–H groups in total. The molecule has 4 aliphatic heterocycles. The summed E-state index contributed by atoms with van der Waals surface area (Å²) in [6.45, 7) is 14.9. The van der Waals surface area contributed by atoms with Crippen molar-refractivity contribution >= 4 is 40.3 Å². The smallest absolute Gasteiger partial charge is 0.312 e. The summed E-state index contributed by atoms with van der Waals surface area (Å²) in [6.07, 6.45) is 4.83. The minimum atomic E-state index is -2.04. The number of esters is 1. The van der Waals surface area contributed by atoms with Crippen LogP contribution in [0.2, 0.25) is 0 Å². The van der Waals surface area contributed by atoms with Crippen LogP contribution in [0.5, 0.6) is 23.0 Å². The number of carbonyl (C=O) groups excluding carboxylic acids is 3. The van der Waals surface area contributed by atoms with Gasteiger partial charge >= 0.3 is 11.8 Å². The number of hydrogen-bond donors (Lipinski definition) is 7. The number of anilines is 1. The molecular formula is C42H56N4O12. The van der Waals surface area contributed by atoms with Gasteiger partial charge in [-0.15, -0.1) is 0 Å². The van der Waals surface area contributed by atoms with Crippen LogP contribution in [-0.4, -0.2) is 118 Å². The number of aliphatic hydroxyl groups is 2. The Morgan fingerprint density at radius 1 is 0.966 bits per heavy atom. The lowest BCUT2D eigenvalue weighted by Crippen LogP contribution is -2.46. The van der Waals surface area contributed by atoms with E-state index in [0.717, 1.165) is 0 Å². The molecule has 0 aromatic heterocycles. The van der Waals surface area contributed by atoms with E-state index in [-0.39, 0.29) is 44.5 Å². The molecule has 16 nitrogen and oxygen atoms in total. The lowest BCUT2D eigenvalue weighted by atomic mass is 9.78. The number of aliphatic hydroxyl groups excluding tert-OH is 2. The van der Waals surface area contributed by atoms with Gasteiger partial charge in [-0.05, 0) is 19.9 Å². The zero-order chi connectivity index (χ0) is 42.8. The van der Waals surface area contributed by atoms with Crippen LogP contribution in [0.15, 0.2) is 41.2 Å². The number of ether oxygens (including phenoxy) is 4. The van der Waals surface area contributed by atoms with Crippen molar-refractivity contribution in [2.45, 2.75) is 85.6 Å². The molecule has 9 atom stereocenters. The van der Waals surface area contributed by atoms with Gasteiger partial charge in [0.2, 0.25) is 0 Å². The first-order chi connectivity index (χ1) is 27.3. The second-order valence-corrected chi connectivity index (χ2v) is 15.6. The van der Waals surface area contributed by atoms with Crippen molar-refractivity contribution < 1.29 is 58.9 Å². The quantitative estimate of drug-likeness (QED) is 0.100. The summed E-state index contributed by atoms with van der Waals surface area (Å²) in [7, 11) is 1.44. The standard InChI is InChI=1S/C42H56N4O12/c1-20-11-10-12-21(2)41(54)45-32-27(19-44-46-16-14-43-15-17-46)36(51)29-30(37(32)52)35(50)25(6)39-31(29)40(53)42(8,58-39)56-18-13-28(55-9)22(3)38(57-26(7)47)24(5)34(49)23(4)33(20)48/h10-13,18-20,22-24,28,33-34,38,43,48-52H,14-17H2,1-9H3,(H,45,54)/b11-10-,18-13-,21-12-,44-19+. The van der Waals surface area contributed by atoms with E-state index >= 15 is 0 Å². The Labute approximate surface area is 337 Å². The van der Waals surface area contributed by atoms with Crippen LogP contribution >= 0.6 is 0 Å². The lowest BCUT2D eigenvalue weighted by molar-refractivity contribution is -0.160. The molecule has 4 heterocycles. The third-order valence-corrected chi connectivity index (χ3v) is 11.5. The largest absolute Gasteiger partial charge is 0.507 e. The number of hydrogen-bond acceptors (Lipinski definition) is 15. The van der Waals surface area contributed by atoms with E-state index in [1.54, 1.807) is 44.9 Å². The predicted molar refractivity (Wildman–Crippen MR) is 216 cm³/mol. The van der Waals surface area contributed by atoms with Crippen molar-refractivity contribution in [1.82, 2.24) is 10.3 Å². The molecule has 0 radical (unpaired) electrons. The van der Waals surface area contributed by atoms with Crippen LogP contribution in [0.3, 0.4) is 0 Å². The van der Waals surface area contributed by atoms with Crippen LogP contribution < -0.4 is 15.4 Å². The molecule has 9 unspecified atom stereocenters. The maximum absolute atomic E-state index is 14.4. The predicted octanol–water partition coefficient (Wildman–Crippen LogP) is 3.99. The van der Waals surface area contributed by atoms with Gasteiger partial charge in [0.1, 0.15) is 23.4 Å². The maximum atomic E-state index is 14.4. The number of fused-ring (bicyclic) bond motifs is 14. The highest BCUT2D eigenvalue weighted by Gasteiger charge is 2.50. The highest BCUT2D eigenvalue weighted by atomic mass is 16.7. The highest BCUT2D eigenvalue weighted by Crippen LogP contribution is 2.55. The number of hydrazone groups is 1. The number of methoxy groups -OCH3 is 1. The number of amides is 1. The Morgan fingerprint density at radius 3 is 2.28 bits per heavy atom. The number of piperazine rings is 1. The van der Waals surface area contributed by atoms with E-state index in [4.69, 9.17) is 18.9 Å². The molecule has 4 aliphatic rings. The number of nitrogens with zero attached hydrogens (tertiary/aromatic N) is 2. The van der Waals surface area contributed by atoms with Crippen molar-refractivity contribution in [3.05, 3.63) is 52.8 Å². The van der Waals surface area contributed by atoms with Gasteiger partial charge < -0.3 is 55.1 Å². The van der Waals surface area contributed by atoms with Crippen molar-refractivity contribution in [3.63, 3.8) is 0 Å². The summed E-state index contributed by atoms with van der Waals surface area (Å²) in [6, 6.07) is 0. The summed E-state index contributed by atoms with van der Waals surface area (Å²) in [4.78, 5) is 40.4. The number of nitrogens with one attached hydrogen (secondary N) is 2. The molecule has 2 aromatic rings. The zero-order valence-corrected chi connectivity index (χ0v) is 34.4. The summed E-state index contributed by atoms with van der Waals surface area (Å²) >= 11 is 0. The number of Topliss-reactive ketones (excluding diaryl/α,β-unsaturated/α-hetero) is 1. The molecule has 0 saturated carbocycles. The molecule has 0 aliphatic carbocycles. The van der Waals surface area contributed by atoms with Crippen molar-refractivity contribution in [1.29, 1.82) is 0 Å². The van der Waals surface area contributed by atoms with Gasteiger partial charge in [0, 0.05) is 87.3 Å². The Balaban J connectivity index is 1.71. The maximum Gasteiger partial charge on any atom is 0.312 e. The van der Waals surface area contributed by atoms with E-state index < -0.39 is 88.8 Å². The molecule has 0 spiro atoms. The average Bonchev–Trinajstić information content (AvgIpc) is 3.46. The normalized spacial score (nSPS) is 32.1. The fourth-order valence-electron chi connectivity index (χ4n) is 7.78. The van der Waals surface area contributed by atoms with Gasteiger partial charge in [-0.1, -0.05) is 45.9 Å². The number of allylic oxidation sites excluding steroid dienone is 2. The van der Waals surface area contributed by atoms with E-state index in [9.17, 15) is 39.9 Å². The highest BCUT2D eigenvalue weighted by molar-refractivity contribution is 6.23. The second-order valence-electron chi connectivity index (χ2n) is 15.6. The summed E-state index contributed by atoms with van der Waals surface area (Å²) in [5, 5.41) is 69.8. The van der Waals surface area contributed by atoms with Crippen LogP contribution in [0, 0.1) is 30.6 Å². The molecule has 1 amide bonds. The topological polar surface area (TPSA) is 229 Å². The van der Waals surface area contributed by atoms with Crippen LogP contribution in [0.1, 0.15) is 70.0 Å². The van der Waals surface area contributed by atoms with Crippen LogP contribution in [0.25, 0.3) is 10.8 Å². The molecule has 16 heteroatoms. The number of phenolic OH excluding ortho intramolecular Hbond substituents is 3. The number of rotatable bonds is 4. The van der Waals surface area contributed by atoms with Crippen molar-refractivity contribution in [2.24, 2.45) is 28.8 Å². The van der Waals surface area contributed by atoms with Gasteiger partial charge in [-0.3, -0.25) is 19.4 Å². The molecule has 1 fully saturated rings. The summed E-state index contributed by atoms with van der Waals surface area (Å²) in [5.41, 5.74) is -0.364. The number of aromatic hydroxyl groups is 3. The van der Waals surface area contributed by atoms with Gasteiger partial charge in [-0.2, -0.15) is 5.10 Å². The van der Waals surface area contributed by atoms with E-state index in [0.29, 0.717) is 26.2 Å². The van der Waals surface area contributed by atoms with Gasteiger partial charge in [0.25, 0.3) is 11.7 Å². The number of carbonyl (C=O) groups is 3. The zero-order valence-electron chi connectivity index (χ0n) is 34.4. The molecule has 6 rings (SSSR count). The Kier molecular flexibility index (Phi) is 13.5. The first kappa shape index (κ1) is 44.0. The number of phenols is 3. The summed E-state index contributed by atoms with van der Waals surface area (Å²) in [5.74, 6) is -8.36. The fourth-order valence-corrected chi connectivity index (χ4v) is 7.78. The monoisotopic (exact) mass is 808 g/mol. The van der Waals surface area contributed by atoms with Gasteiger partial charge in [0.05, 0.1) is 53.0 Å². The SMILES string of the molecule is COC1/C=C\OC2(C)Oc3c(C)c(O)c4c(O)c(c(/C=N/N5CCNCC5)c(O)c4c3C2=O)NC(=O)/C(C)=C\C=C/C(C)C(O)C(C)C(O)C(C)C(OC(C)=O)C1C. The second kappa shape index (κ2) is 17.8. The number of benzene rings is 2. The third kappa shape index (κ3) is 8.51. The van der Waals surface area contributed by atoms with E-state index in [2.05, 4.69) is 15.7 Å². The minimum Gasteiger partial charge on any atom is -0.507 e. The Morgan fingerprint density at radius 2 is 1.64 bits per heavy atom. The molecule has 316 valence electrons. The third-order valence-electron chi connectivity index (χ3n) is 11.5. The lowest BCUT2D eigenvalue weighted by Gasteiger charge is -2.38. The van der Waals surface area contributed by atoms with E-state index in [1.807, 2.05) is 0 Å². The first-order valence-corrected chi connectivity index (χ1v) is 19.4. The molecule has 58 heavy (non-hydrogen) atoms. The van der Waals surface area contributed by atoms with Crippen molar-refractivity contribution in [2.75, 3.05) is 38.6 Å². The number of ketones is 1. The molecular weight excluding hydrogens is 752 g/mol. The Bertz CT molecular complexity index is 2040. The Hall–Kier alpha value is -5.16.